The van der Waals surface area contributed by atoms with E-state index >= 15 is 0 Å². The first-order valence-electron chi connectivity index (χ1n) is 9.56. The van der Waals surface area contributed by atoms with Crippen LogP contribution >= 0.6 is 23.2 Å². The van der Waals surface area contributed by atoms with E-state index in [1.165, 1.54) is 19.9 Å². The lowest BCUT2D eigenvalue weighted by atomic mass is 9.83. The van der Waals surface area contributed by atoms with E-state index < -0.39 is 34.8 Å². The van der Waals surface area contributed by atoms with Gasteiger partial charge in [-0.2, -0.15) is 0 Å². The zero-order valence-corrected chi connectivity index (χ0v) is 18.3. The van der Waals surface area contributed by atoms with Crippen LogP contribution in [0, 0.1) is 11.6 Å². The van der Waals surface area contributed by atoms with Crippen molar-refractivity contribution < 1.29 is 23.2 Å². The van der Waals surface area contributed by atoms with Crippen LogP contribution in [0.25, 0.3) is 0 Å². The van der Waals surface area contributed by atoms with Crippen LogP contribution in [0.15, 0.2) is 30.3 Å². The molecule has 0 saturated carbocycles. The molecule has 1 saturated heterocycles. The van der Waals surface area contributed by atoms with Crippen molar-refractivity contribution in [2.45, 2.75) is 44.6 Å². The first kappa shape index (κ1) is 23.2. The number of benzene rings is 2. The molecule has 2 aromatic rings. The van der Waals surface area contributed by atoms with Crippen molar-refractivity contribution in [3.8, 4) is 0 Å². The second kappa shape index (κ2) is 8.93. The molecule has 1 aliphatic heterocycles. The molecular weight excluding hydrogens is 449 g/mol. The summed E-state index contributed by atoms with van der Waals surface area (Å²) in [7, 11) is 0. The Morgan fingerprint density at radius 2 is 1.74 bits per heavy atom. The lowest BCUT2D eigenvalue weighted by molar-refractivity contribution is -0.134. The van der Waals surface area contributed by atoms with Gasteiger partial charge in [0.1, 0.15) is 11.6 Å². The van der Waals surface area contributed by atoms with E-state index in [0.717, 1.165) is 12.1 Å². The standard InChI is InChI=1S/C22H20Cl2F2N2O3/c1-22(2,19-15(25)4-3-5-16(19)26)21(31)27-10-11-8-13(23)18(14(24)9-11)12-6-7-17(29)28-20(12)30/h3-5,8-9,12H,6-7,10H2,1-2H3,(H,27,31)(H,28,29,30). The van der Waals surface area contributed by atoms with Gasteiger partial charge in [-0.15, -0.1) is 0 Å². The van der Waals surface area contributed by atoms with Crippen molar-refractivity contribution in [1.29, 1.82) is 0 Å². The predicted molar refractivity (Wildman–Crippen MR) is 113 cm³/mol. The Morgan fingerprint density at radius 3 is 2.29 bits per heavy atom. The number of hydrogen-bond acceptors (Lipinski definition) is 3. The Bertz CT molecular complexity index is 1030. The maximum absolute atomic E-state index is 14.1. The van der Waals surface area contributed by atoms with Gasteiger partial charge in [-0.1, -0.05) is 29.3 Å². The van der Waals surface area contributed by atoms with Crippen LogP contribution in [0.2, 0.25) is 10.0 Å². The zero-order valence-electron chi connectivity index (χ0n) is 16.8. The van der Waals surface area contributed by atoms with E-state index in [2.05, 4.69) is 10.6 Å². The molecule has 3 rings (SSSR count). The predicted octanol–water partition coefficient (Wildman–Crippen LogP) is 4.39. The summed E-state index contributed by atoms with van der Waals surface area (Å²) in [6.07, 6.45) is 0.477. The van der Waals surface area contributed by atoms with Crippen LogP contribution in [0.3, 0.4) is 0 Å². The number of amides is 3. The number of piperidine rings is 1. The summed E-state index contributed by atoms with van der Waals surface area (Å²) < 4.78 is 28.3. The lowest BCUT2D eigenvalue weighted by Gasteiger charge is -2.25. The van der Waals surface area contributed by atoms with Crippen LogP contribution in [0.1, 0.15) is 49.3 Å². The summed E-state index contributed by atoms with van der Waals surface area (Å²) in [5.74, 6) is -3.65. The van der Waals surface area contributed by atoms with Gasteiger partial charge in [-0.3, -0.25) is 19.7 Å². The molecule has 0 spiro atoms. The minimum Gasteiger partial charge on any atom is -0.351 e. The van der Waals surface area contributed by atoms with E-state index in [1.807, 2.05) is 0 Å². The van der Waals surface area contributed by atoms with Crippen LogP contribution in [0.4, 0.5) is 8.78 Å². The SMILES string of the molecule is CC(C)(C(=O)NCc1cc(Cl)c(C2CCC(=O)NC2=O)c(Cl)c1)c1c(F)cccc1F. The topological polar surface area (TPSA) is 75.3 Å². The molecule has 0 radical (unpaired) electrons. The Balaban J connectivity index is 1.77. The Labute approximate surface area is 188 Å². The van der Waals surface area contributed by atoms with Gasteiger partial charge in [0.25, 0.3) is 0 Å². The second-order valence-electron chi connectivity index (χ2n) is 7.88. The van der Waals surface area contributed by atoms with Crippen LogP contribution in [-0.2, 0) is 26.3 Å². The van der Waals surface area contributed by atoms with Crippen molar-refractivity contribution >= 4 is 40.9 Å². The van der Waals surface area contributed by atoms with Gasteiger partial charge in [0.2, 0.25) is 17.7 Å². The monoisotopic (exact) mass is 468 g/mol. The molecule has 1 heterocycles. The average Bonchev–Trinajstić information content (AvgIpc) is 2.66. The van der Waals surface area contributed by atoms with Crippen LogP contribution in [0.5, 0.6) is 0 Å². The summed E-state index contributed by atoms with van der Waals surface area (Å²) >= 11 is 12.7. The molecule has 2 N–H and O–H groups in total. The fourth-order valence-corrected chi connectivity index (χ4v) is 4.45. The highest BCUT2D eigenvalue weighted by atomic mass is 35.5. The zero-order chi connectivity index (χ0) is 22.9. The summed E-state index contributed by atoms with van der Waals surface area (Å²) in [6.45, 7) is 2.86. The summed E-state index contributed by atoms with van der Waals surface area (Å²) in [5.41, 5.74) is -0.825. The minimum atomic E-state index is -1.46. The minimum absolute atomic E-state index is 0.00735. The molecule has 0 bridgehead atoms. The Morgan fingerprint density at radius 1 is 1.16 bits per heavy atom. The molecule has 31 heavy (non-hydrogen) atoms. The third-order valence-electron chi connectivity index (χ3n) is 5.33. The van der Waals surface area contributed by atoms with E-state index in [4.69, 9.17) is 23.2 Å². The quantitative estimate of drug-likeness (QED) is 0.639. The van der Waals surface area contributed by atoms with Gasteiger partial charge in [0.15, 0.2) is 0 Å². The molecule has 2 aromatic carbocycles. The number of imide groups is 1. The first-order chi connectivity index (χ1) is 14.5. The van der Waals surface area contributed by atoms with Gasteiger partial charge in [-0.25, -0.2) is 8.78 Å². The number of carbonyl (C=O) groups excluding carboxylic acids is 3. The van der Waals surface area contributed by atoms with Crippen LogP contribution in [-0.4, -0.2) is 17.7 Å². The first-order valence-corrected chi connectivity index (χ1v) is 10.3. The second-order valence-corrected chi connectivity index (χ2v) is 8.70. The fraction of sp³-hybridized carbons (Fsp3) is 0.318. The van der Waals surface area contributed by atoms with Gasteiger partial charge < -0.3 is 5.32 Å². The van der Waals surface area contributed by atoms with Gasteiger partial charge in [-0.05, 0) is 50.1 Å². The van der Waals surface area contributed by atoms with Crippen molar-refractivity contribution in [2.75, 3.05) is 0 Å². The van der Waals surface area contributed by atoms with Crippen molar-refractivity contribution in [3.05, 3.63) is 68.7 Å². The molecule has 3 amide bonds. The van der Waals surface area contributed by atoms with E-state index in [1.54, 1.807) is 12.1 Å². The van der Waals surface area contributed by atoms with Crippen LogP contribution < -0.4 is 10.6 Å². The molecule has 1 fully saturated rings. The lowest BCUT2D eigenvalue weighted by Crippen LogP contribution is -2.41. The number of hydrogen-bond donors (Lipinski definition) is 2. The smallest absolute Gasteiger partial charge is 0.234 e. The number of carbonyl (C=O) groups is 3. The van der Waals surface area contributed by atoms with E-state index in [-0.39, 0.29) is 34.5 Å². The van der Waals surface area contributed by atoms with Gasteiger partial charge in [0.05, 0.1) is 11.3 Å². The Kier molecular flexibility index (Phi) is 6.67. The Hall–Kier alpha value is -2.51. The molecule has 0 aromatic heterocycles. The van der Waals surface area contributed by atoms with Crippen molar-refractivity contribution in [2.24, 2.45) is 0 Å². The van der Waals surface area contributed by atoms with Crippen molar-refractivity contribution in [3.63, 3.8) is 0 Å². The molecule has 1 atom stereocenters. The normalized spacial score (nSPS) is 16.8. The molecule has 0 aliphatic carbocycles. The summed E-state index contributed by atoms with van der Waals surface area (Å²) in [5, 5.41) is 5.37. The average molecular weight is 469 g/mol. The molecular formula is C22H20Cl2F2N2O3. The number of rotatable bonds is 5. The molecule has 164 valence electrons. The highest BCUT2D eigenvalue weighted by Gasteiger charge is 2.35. The maximum atomic E-state index is 14.1. The molecule has 1 unspecified atom stereocenters. The fourth-order valence-electron chi connectivity index (χ4n) is 3.65. The third-order valence-corrected chi connectivity index (χ3v) is 5.96. The largest absolute Gasteiger partial charge is 0.351 e. The van der Waals surface area contributed by atoms with E-state index in [0.29, 0.717) is 17.5 Å². The van der Waals surface area contributed by atoms with Crippen molar-refractivity contribution in [1.82, 2.24) is 10.6 Å². The van der Waals surface area contributed by atoms with E-state index in [9.17, 15) is 23.2 Å². The summed E-state index contributed by atoms with van der Waals surface area (Å²) in [6, 6.07) is 6.55. The highest BCUT2D eigenvalue weighted by molar-refractivity contribution is 6.36. The third kappa shape index (κ3) is 4.72. The highest BCUT2D eigenvalue weighted by Crippen LogP contribution is 2.37. The number of nitrogens with one attached hydrogen (secondary N) is 2. The molecule has 5 nitrogen and oxygen atoms in total. The molecule has 9 heteroatoms. The maximum Gasteiger partial charge on any atom is 0.234 e. The molecule has 1 aliphatic rings. The van der Waals surface area contributed by atoms with Gasteiger partial charge >= 0.3 is 0 Å². The summed E-state index contributed by atoms with van der Waals surface area (Å²) in [4.78, 5) is 36.2. The van der Waals surface area contributed by atoms with Gasteiger partial charge in [0, 0.05) is 34.1 Å². The number of halogens is 4.